The van der Waals surface area contributed by atoms with Crippen LogP contribution in [0.25, 0.3) is 0 Å². The number of hydrogen-bond donors (Lipinski definition) is 6. The average molecular weight is 725 g/mol. The summed E-state index contributed by atoms with van der Waals surface area (Å²) in [6.07, 6.45) is 2.96. The molecule has 290 valence electrons. The molecule has 0 aliphatic carbocycles. The Morgan fingerprint density at radius 2 is 0.827 bits per heavy atom. The van der Waals surface area contributed by atoms with Crippen molar-refractivity contribution in [2.24, 2.45) is 0 Å². The number of unbranched alkanes of at least 4 members (excludes halogenated alkanes) is 3. The standard InChI is InChI=1S/C42H64N2O8/c1-39(2,3)27-23-25(17-19-29(45)46)31(33(35(27)49)41(7,8)9)37(51)43-21-15-13-14-16-22-44-38(52)32-26(18-20-30(47)48)24-28(40(4,5)6)36(50)34(32)42(10,11)12/h23-24,49-50H,13-22H2,1-12H3,(H,43,51)(H,44,52)(H,45,46)(H,47,48). The zero-order valence-electron chi connectivity index (χ0n) is 33.6. The maximum Gasteiger partial charge on any atom is 0.303 e. The van der Waals surface area contributed by atoms with Gasteiger partial charge < -0.3 is 31.1 Å². The molecule has 0 heterocycles. The van der Waals surface area contributed by atoms with Gasteiger partial charge in [0.1, 0.15) is 11.5 Å². The molecule has 10 nitrogen and oxygen atoms in total. The summed E-state index contributed by atoms with van der Waals surface area (Å²) in [7, 11) is 0. The maximum absolute atomic E-state index is 13.7. The topological polar surface area (TPSA) is 173 Å². The van der Waals surface area contributed by atoms with Gasteiger partial charge in [0, 0.05) is 48.2 Å². The smallest absolute Gasteiger partial charge is 0.303 e. The van der Waals surface area contributed by atoms with Crippen LogP contribution in [0.4, 0.5) is 0 Å². The number of carbonyl (C=O) groups is 4. The van der Waals surface area contributed by atoms with Crippen molar-refractivity contribution in [1.82, 2.24) is 10.6 Å². The highest BCUT2D eigenvalue weighted by molar-refractivity contribution is 5.99. The molecule has 0 unspecified atom stereocenters. The van der Waals surface area contributed by atoms with Crippen LogP contribution in [0.2, 0.25) is 0 Å². The number of aryl methyl sites for hydroxylation is 2. The molecule has 2 amide bonds. The summed E-state index contributed by atoms with van der Waals surface area (Å²) in [4.78, 5) is 50.3. The third-order valence-corrected chi connectivity index (χ3v) is 9.22. The van der Waals surface area contributed by atoms with E-state index in [-0.39, 0.29) is 49.0 Å². The lowest BCUT2D eigenvalue weighted by Crippen LogP contribution is -2.31. The predicted molar refractivity (Wildman–Crippen MR) is 206 cm³/mol. The highest BCUT2D eigenvalue weighted by atomic mass is 16.4. The van der Waals surface area contributed by atoms with Crippen LogP contribution in [0, 0.1) is 0 Å². The van der Waals surface area contributed by atoms with Crippen LogP contribution in [-0.2, 0) is 44.1 Å². The molecular weight excluding hydrogens is 660 g/mol. The molecule has 6 N–H and O–H groups in total. The highest BCUT2D eigenvalue weighted by Crippen LogP contribution is 2.44. The van der Waals surface area contributed by atoms with Gasteiger partial charge in [0.15, 0.2) is 0 Å². The van der Waals surface area contributed by atoms with E-state index in [2.05, 4.69) is 10.6 Å². The number of phenols is 2. The van der Waals surface area contributed by atoms with Gasteiger partial charge in [-0.15, -0.1) is 0 Å². The van der Waals surface area contributed by atoms with E-state index in [1.807, 2.05) is 83.1 Å². The van der Waals surface area contributed by atoms with Gasteiger partial charge >= 0.3 is 11.9 Å². The fourth-order valence-corrected chi connectivity index (χ4v) is 6.64. The molecule has 10 heteroatoms. The number of amides is 2. The predicted octanol–water partition coefficient (Wildman–Crippen LogP) is 8.04. The van der Waals surface area contributed by atoms with Crippen molar-refractivity contribution in [3.05, 3.63) is 56.6 Å². The molecule has 0 fully saturated rings. The van der Waals surface area contributed by atoms with E-state index in [0.717, 1.165) is 12.8 Å². The fraction of sp³-hybridized carbons (Fsp3) is 0.619. The number of aromatic hydroxyl groups is 2. The number of carboxylic acid groups (broad SMARTS) is 2. The van der Waals surface area contributed by atoms with E-state index in [4.69, 9.17) is 0 Å². The van der Waals surface area contributed by atoms with Crippen LogP contribution in [0.15, 0.2) is 12.1 Å². The van der Waals surface area contributed by atoms with E-state index < -0.39 is 33.6 Å². The minimum atomic E-state index is -0.963. The van der Waals surface area contributed by atoms with Gasteiger partial charge in [-0.05, 0) is 69.6 Å². The molecule has 0 aromatic heterocycles. The first-order valence-electron chi connectivity index (χ1n) is 18.5. The molecule has 0 bridgehead atoms. The van der Waals surface area contributed by atoms with E-state index in [0.29, 0.717) is 70.4 Å². The largest absolute Gasteiger partial charge is 0.507 e. The summed E-state index contributed by atoms with van der Waals surface area (Å²) in [6.45, 7) is 24.2. The average Bonchev–Trinajstić information content (AvgIpc) is 2.97. The van der Waals surface area contributed by atoms with Gasteiger partial charge in [-0.25, -0.2) is 0 Å². The normalized spacial score (nSPS) is 12.5. The third-order valence-electron chi connectivity index (χ3n) is 9.22. The fourth-order valence-electron chi connectivity index (χ4n) is 6.64. The lowest BCUT2D eigenvalue weighted by atomic mass is 9.75. The van der Waals surface area contributed by atoms with Crippen LogP contribution in [0.3, 0.4) is 0 Å². The van der Waals surface area contributed by atoms with Crippen LogP contribution in [0.1, 0.15) is 176 Å². The van der Waals surface area contributed by atoms with Gasteiger partial charge in [-0.2, -0.15) is 0 Å². The van der Waals surface area contributed by atoms with Gasteiger partial charge in [0.2, 0.25) is 0 Å². The molecule has 2 aromatic carbocycles. The third kappa shape index (κ3) is 11.7. The summed E-state index contributed by atoms with van der Waals surface area (Å²) in [5.41, 5.74) is 2.22. The Hall–Kier alpha value is -4.08. The Kier molecular flexibility index (Phi) is 14.6. The van der Waals surface area contributed by atoms with Crippen LogP contribution in [0.5, 0.6) is 11.5 Å². The molecule has 0 aliphatic rings. The number of phenolic OH excluding ortho intramolecular Hbond substituents is 2. The Bertz CT molecular complexity index is 1510. The highest BCUT2D eigenvalue weighted by Gasteiger charge is 2.34. The van der Waals surface area contributed by atoms with Crippen LogP contribution >= 0.6 is 0 Å². The summed E-state index contributed by atoms with van der Waals surface area (Å²) >= 11 is 0. The lowest BCUT2D eigenvalue weighted by molar-refractivity contribution is -0.138. The van der Waals surface area contributed by atoms with Crippen molar-refractivity contribution in [2.75, 3.05) is 13.1 Å². The first kappa shape index (κ1) is 44.1. The lowest BCUT2D eigenvalue weighted by Gasteiger charge is -2.31. The minimum absolute atomic E-state index is 0.0651. The number of carboxylic acids is 2. The molecule has 0 saturated carbocycles. The second-order valence-electron chi connectivity index (χ2n) is 18.1. The number of rotatable bonds is 15. The number of carbonyl (C=O) groups excluding carboxylic acids is 2. The summed E-state index contributed by atoms with van der Waals surface area (Å²) in [5, 5.41) is 47.6. The Labute approximate surface area is 310 Å². The van der Waals surface area contributed by atoms with Crippen LogP contribution < -0.4 is 10.6 Å². The van der Waals surface area contributed by atoms with Crippen molar-refractivity contribution in [3.63, 3.8) is 0 Å². The van der Waals surface area contributed by atoms with Gasteiger partial charge in [-0.1, -0.05) is 108 Å². The molecule has 0 aliphatic heterocycles. The summed E-state index contributed by atoms with van der Waals surface area (Å²) in [6, 6.07) is 3.55. The number of hydrogen-bond acceptors (Lipinski definition) is 6. The maximum atomic E-state index is 13.7. The molecule has 0 atom stereocenters. The number of nitrogens with one attached hydrogen (secondary N) is 2. The number of benzene rings is 2. The molecule has 0 radical (unpaired) electrons. The van der Waals surface area contributed by atoms with Gasteiger partial charge in [0.05, 0.1) is 0 Å². The molecule has 0 saturated heterocycles. The van der Waals surface area contributed by atoms with E-state index in [9.17, 15) is 39.6 Å². The van der Waals surface area contributed by atoms with Crippen molar-refractivity contribution < 1.29 is 39.6 Å². The van der Waals surface area contributed by atoms with E-state index >= 15 is 0 Å². The second-order valence-corrected chi connectivity index (χ2v) is 18.1. The molecule has 2 aromatic rings. The van der Waals surface area contributed by atoms with Crippen molar-refractivity contribution in [3.8, 4) is 11.5 Å². The molecule has 2 rings (SSSR count). The Balaban J connectivity index is 2.15. The quantitative estimate of drug-likeness (QED) is 0.100. The summed E-state index contributed by atoms with van der Waals surface area (Å²) < 4.78 is 0. The SMILES string of the molecule is CC(C)(C)c1cc(CCC(=O)O)c(C(=O)NCCCCCCNC(=O)c2c(CCC(=O)O)cc(C(C)(C)C)c(O)c2C(C)(C)C)c(C(C)(C)C)c1O. The Morgan fingerprint density at radius 3 is 1.08 bits per heavy atom. The summed E-state index contributed by atoms with van der Waals surface area (Å²) in [5.74, 6) is -2.49. The Morgan fingerprint density at radius 1 is 0.519 bits per heavy atom. The zero-order chi connectivity index (χ0) is 40.0. The van der Waals surface area contributed by atoms with Crippen molar-refractivity contribution in [1.29, 1.82) is 0 Å². The van der Waals surface area contributed by atoms with Gasteiger partial charge in [0.25, 0.3) is 11.8 Å². The first-order chi connectivity index (χ1) is 23.7. The van der Waals surface area contributed by atoms with Gasteiger partial charge in [-0.3, -0.25) is 19.2 Å². The molecular formula is C42H64N2O8. The van der Waals surface area contributed by atoms with E-state index in [1.165, 1.54) is 0 Å². The second kappa shape index (κ2) is 17.2. The monoisotopic (exact) mass is 724 g/mol. The van der Waals surface area contributed by atoms with Crippen molar-refractivity contribution >= 4 is 23.8 Å². The minimum Gasteiger partial charge on any atom is -0.507 e. The molecule has 52 heavy (non-hydrogen) atoms. The molecule has 0 spiro atoms. The number of aliphatic carboxylic acids is 2. The van der Waals surface area contributed by atoms with E-state index in [1.54, 1.807) is 12.1 Å². The first-order valence-corrected chi connectivity index (χ1v) is 18.5. The van der Waals surface area contributed by atoms with Crippen LogP contribution in [-0.4, -0.2) is 57.3 Å². The van der Waals surface area contributed by atoms with Crippen molar-refractivity contribution in [2.45, 2.75) is 156 Å². The zero-order valence-corrected chi connectivity index (χ0v) is 33.6.